The number of methoxy groups -OCH3 is 1. The molecule has 0 unspecified atom stereocenters. The molecular weight excluding hydrogens is 381 g/mol. The van der Waals surface area contributed by atoms with E-state index in [4.69, 9.17) is 9.47 Å². The van der Waals surface area contributed by atoms with E-state index < -0.39 is 6.10 Å². The van der Waals surface area contributed by atoms with Gasteiger partial charge in [0, 0.05) is 19.6 Å². The van der Waals surface area contributed by atoms with Crippen LogP contribution in [0.2, 0.25) is 0 Å². The molecule has 0 aliphatic rings. The minimum atomic E-state index is -0.632. The summed E-state index contributed by atoms with van der Waals surface area (Å²) < 4.78 is 24.2. The van der Waals surface area contributed by atoms with Gasteiger partial charge in [-0.05, 0) is 41.0 Å². The predicted molar refractivity (Wildman–Crippen MR) is 116 cm³/mol. The Bertz CT molecular complexity index is 869. The fourth-order valence-corrected chi connectivity index (χ4v) is 3.26. The number of aliphatic hydroxyl groups excluding tert-OH is 1. The van der Waals surface area contributed by atoms with Crippen molar-refractivity contribution in [1.29, 1.82) is 0 Å². The largest absolute Gasteiger partial charge is 0.497 e. The summed E-state index contributed by atoms with van der Waals surface area (Å²) >= 11 is 0. The van der Waals surface area contributed by atoms with Gasteiger partial charge in [-0.25, -0.2) is 4.39 Å². The van der Waals surface area contributed by atoms with Crippen molar-refractivity contribution in [3.05, 3.63) is 101 Å². The van der Waals surface area contributed by atoms with E-state index in [9.17, 15) is 9.50 Å². The van der Waals surface area contributed by atoms with E-state index in [1.807, 2.05) is 54.6 Å². The molecule has 0 fully saturated rings. The van der Waals surface area contributed by atoms with Crippen molar-refractivity contribution >= 4 is 0 Å². The normalized spacial score (nSPS) is 12.1. The summed E-state index contributed by atoms with van der Waals surface area (Å²) in [6, 6.07) is 24.2. The van der Waals surface area contributed by atoms with Gasteiger partial charge in [0.05, 0.1) is 26.4 Å². The molecule has 0 amide bonds. The second-order valence-electron chi connectivity index (χ2n) is 7.30. The lowest BCUT2D eigenvalue weighted by molar-refractivity contribution is 0.00712. The first-order chi connectivity index (χ1) is 14.6. The van der Waals surface area contributed by atoms with Gasteiger partial charge in [-0.15, -0.1) is 0 Å². The zero-order valence-electron chi connectivity index (χ0n) is 17.2. The maximum absolute atomic E-state index is 13.2. The maximum Gasteiger partial charge on any atom is 0.123 e. The molecule has 0 bridgehead atoms. The smallest absolute Gasteiger partial charge is 0.123 e. The minimum Gasteiger partial charge on any atom is -0.497 e. The second-order valence-corrected chi connectivity index (χ2v) is 7.30. The lowest BCUT2D eigenvalue weighted by Gasteiger charge is -2.25. The van der Waals surface area contributed by atoms with Crippen molar-refractivity contribution in [2.45, 2.75) is 25.8 Å². The van der Waals surface area contributed by atoms with E-state index in [2.05, 4.69) is 4.90 Å². The topological polar surface area (TPSA) is 41.9 Å². The van der Waals surface area contributed by atoms with Gasteiger partial charge < -0.3 is 14.6 Å². The Kier molecular flexibility index (Phi) is 8.39. The number of aliphatic hydroxyl groups is 1. The Morgan fingerprint density at radius 2 is 1.43 bits per heavy atom. The predicted octanol–water partition coefficient (Wildman–Crippen LogP) is 4.41. The number of rotatable bonds is 11. The molecular formula is C25H28FNO3. The quantitative estimate of drug-likeness (QED) is 0.509. The van der Waals surface area contributed by atoms with Crippen LogP contribution in [-0.2, 0) is 24.4 Å². The summed E-state index contributed by atoms with van der Waals surface area (Å²) in [5.41, 5.74) is 3.17. The Morgan fingerprint density at radius 3 is 2.03 bits per heavy atom. The molecule has 0 radical (unpaired) electrons. The number of benzene rings is 3. The molecule has 1 N–H and O–H groups in total. The highest BCUT2D eigenvalue weighted by molar-refractivity contribution is 5.27. The lowest BCUT2D eigenvalue weighted by atomic mass is 10.1. The third-order valence-electron chi connectivity index (χ3n) is 4.78. The van der Waals surface area contributed by atoms with Crippen LogP contribution in [0.25, 0.3) is 0 Å². The number of ether oxygens (including phenoxy) is 2. The van der Waals surface area contributed by atoms with Crippen LogP contribution < -0.4 is 4.74 Å². The first-order valence-corrected chi connectivity index (χ1v) is 10.0. The molecule has 3 rings (SSSR count). The van der Waals surface area contributed by atoms with Crippen molar-refractivity contribution < 1.29 is 19.0 Å². The first-order valence-electron chi connectivity index (χ1n) is 10.0. The highest BCUT2D eigenvalue weighted by atomic mass is 19.1. The third-order valence-corrected chi connectivity index (χ3v) is 4.78. The van der Waals surface area contributed by atoms with Crippen LogP contribution >= 0.6 is 0 Å². The molecule has 3 aromatic carbocycles. The summed E-state index contributed by atoms with van der Waals surface area (Å²) in [7, 11) is 1.64. The van der Waals surface area contributed by atoms with Gasteiger partial charge in [0.1, 0.15) is 11.6 Å². The van der Waals surface area contributed by atoms with Gasteiger partial charge in [-0.2, -0.15) is 0 Å². The van der Waals surface area contributed by atoms with Gasteiger partial charge in [-0.3, -0.25) is 4.90 Å². The maximum atomic E-state index is 13.2. The monoisotopic (exact) mass is 409 g/mol. The molecule has 1 atom stereocenters. The van der Waals surface area contributed by atoms with Crippen LogP contribution in [0.3, 0.4) is 0 Å². The van der Waals surface area contributed by atoms with Crippen molar-refractivity contribution in [1.82, 2.24) is 4.90 Å². The SMILES string of the molecule is COc1ccc(CN(Cc2ccc(F)cc2)C[C@H](O)COCc2ccccc2)cc1. The average Bonchev–Trinajstić information content (AvgIpc) is 2.76. The molecule has 0 aliphatic carbocycles. The molecule has 0 aliphatic heterocycles. The third kappa shape index (κ3) is 7.26. The van der Waals surface area contributed by atoms with Gasteiger partial charge in [0.2, 0.25) is 0 Å². The summed E-state index contributed by atoms with van der Waals surface area (Å²) in [6.07, 6.45) is -0.632. The van der Waals surface area contributed by atoms with Crippen LogP contribution in [0.15, 0.2) is 78.9 Å². The first kappa shape index (κ1) is 22.0. The Morgan fingerprint density at radius 1 is 0.833 bits per heavy atom. The van der Waals surface area contributed by atoms with Crippen molar-refractivity contribution in [2.24, 2.45) is 0 Å². The summed E-state index contributed by atoms with van der Waals surface area (Å²) in [5, 5.41) is 10.5. The molecule has 0 aromatic heterocycles. The van der Waals surface area contributed by atoms with Crippen LogP contribution in [0, 0.1) is 5.82 Å². The van der Waals surface area contributed by atoms with E-state index in [1.165, 1.54) is 12.1 Å². The van der Waals surface area contributed by atoms with Gasteiger partial charge in [0.15, 0.2) is 0 Å². The van der Waals surface area contributed by atoms with E-state index in [1.54, 1.807) is 19.2 Å². The highest BCUT2D eigenvalue weighted by Crippen LogP contribution is 2.16. The number of halogens is 1. The van der Waals surface area contributed by atoms with Crippen molar-refractivity contribution in [3.63, 3.8) is 0 Å². The molecule has 0 saturated carbocycles. The summed E-state index contributed by atoms with van der Waals surface area (Å²) in [6.45, 7) is 2.41. The van der Waals surface area contributed by atoms with Gasteiger partial charge in [0.25, 0.3) is 0 Å². The van der Waals surface area contributed by atoms with Crippen molar-refractivity contribution in [2.75, 3.05) is 20.3 Å². The minimum absolute atomic E-state index is 0.247. The van der Waals surface area contributed by atoms with E-state index in [0.717, 1.165) is 22.4 Å². The molecule has 4 nitrogen and oxygen atoms in total. The van der Waals surface area contributed by atoms with Crippen LogP contribution in [0.4, 0.5) is 4.39 Å². The molecule has 5 heteroatoms. The van der Waals surface area contributed by atoms with Gasteiger partial charge in [-0.1, -0.05) is 54.6 Å². The van der Waals surface area contributed by atoms with Gasteiger partial charge >= 0.3 is 0 Å². The molecule has 158 valence electrons. The van der Waals surface area contributed by atoms with E-state index >= 15 is 0 Å². The van der Waals surface area contributed by atoms with Crippen LogP contribution in [0.1, 0.15) is 16.7 Å². The molecule has 0 heterocycles. The molecule has 3 aromatic rings. The summed E-state index contributed by atoms with van der Waals surface area (Å²) in [4.78, 5) is 2.13. The van der Waals surface area contributed by atoms with Crippen LogP contribution in [0.5, 0.6) is 5.75 Å². The average molecular weight is 410 g/mol. The highest BCUT2D eigenvalue weighted by Gasteiger charge is 2.14. The Hall–Kier alpha value is -2.73. The molecule has 0 spiro atoms. The Labute approximate surface area is 177 Å². The number of hydrogen-bond acceptors (Lipinski definition) is 4. The van der Waals surface area contributed by atoms with Crippen molar-refractivity contribution in [3.8, 4) is 5.75 Å². The second kappa shape index (κ2) is 11.5. The fraction of sp³-hybridized carbons (Fsp3) is 0.280. The number of nitrogens with zero attached hydrogens (tertiary/aromatic N) is 1. The lowest BCUT2D eigenvalue weighted by Crippen LogP contribution is -2.34. The number of hydrogen-bond donors (Lipinski definition) is 1. The van der Waals surface area contributed by atoms with E-state index in [-0.39, 0.29) is 12.4 Å². The zero-order chi connectivity index (χ0) is 21.2. The van der Waals surface area contributed by atoms with Crippen LogP contribution in [-0.4, -0.2) is 36.4 Å². The Balaban J connectivity index is 1.59. The standard InChI is InChI=1S/C25H28FNO3/c1-29-25-13-9-21(10-14-25)16-27(15-20-7-11-23(26)12-8-20)17-24(28)19-30-18-22-5-3-2-4-6-22/h2-14,24,28H,15-19H2,1H3/t24-/m0/s1. The zero-order valence-corrected chi connectivity index (χ0v) is 17.2. The fourth-order valence-electron chi connectivity index (χ4n) is 3.26. The van der Waals surface area contributed by atoms with E-state index in [0.29, 0.717) is 26.2 Å². The molecule has 30 heavy (non-hydrogen) atoms. The summed E-state index contributed by atoms with van der Waals surface area (Å²) in [5.74, 6) is 0.549. The molecule has 0 saturated heterocycles.